The minimum Gasteiger partial charge on any atom is -0.388 e. The fourth-order valence-corrected chi connectivity index (χ4v) is 4.34. The molecule has 2 amide bonds. The molecule has 4 atom stereocenters. The number of nitrogens with one attached hydrogen (secondary N) is 1. The second-order valence-electron chi connectivity index (χ2n) is 8.50. The molecule has 8 nitrogen and oxygen atoms in total. The van der Waals surface area contributed by atoms with E-state index in [-0.39, 0.29) is 36.5 Å². The number of piperazine rings is 1. The molecule has 0 aromatic heterocycles. The van der Waals surface area contributed by atoms with Gasteiger partial charge in [-0.25, -0.2) is 4.39 Å². The lowest BCUT2D eigenvalue weighted by Gasteiger charge is -2.36. The SMILES string of the molecule is CCC(CC)C(=O)NC[C@@H]1O[C@@H](CC(=O)N2CCN(c3ccc(F)cc3)CC2)[C@H](O)[C@@H]1O. The predicted molar refractivity (Wildman–Crippen MR) is 118 cm³/mol. The smallest absolute Gasteiger partial charge is 0.225 e. The highest BCUT2D eigenvalue weighted by molar-refractivity contribution is 5.78. The van der Waals surface area contributed by atoms with Crippen LogP contribution in [0.5, 0.6) is 0 Å². The van der Waals surface area contributed by atoms with Gasteiger partial charge in [-0.1, -0.05) is 13.8 Å². The van der Waals surface area contributed by atoms with Gasteiger partial charge >= 0.3 is 0 Å². The summed E-state index contributed by atoms with van der Waals surface area (Å²) in [5, 5.41) is 23.4. The molecule has 3 N–H and O–H groups in total. The van der Waals surface area contributed by atoms with E-state index in [2.05, 4.69) is 10.2 Å². The number of rotatable bonds is 8. The Hall–Kier alpha value is -2.23. The summed E-state index contributed by atoms with van der Waals surface area (Å²) in [5.41, 5.74) is 0.912. The van der Waals surface area contributed by atoms with E-state index in [1.807, 2.05) is 13.8 Å². The lowest BCUT2D eigenvalue weighted by atomic mass is 10.0. The summed E-state index contributed by atoms with van der Waals surface area (Å²) < 4.78 is 18.9. The van der Waals surface area contributed by atoms with Crippen molar-refractivity contribution in [3.05, 3.63) is 30.1 Å². The first-order valence-electron chi connectivity index (χ1n) is 11.4. The van der Waals surface area contributed by atoms with Crippen molar-refractivity contribution < 1.29 is 28.9 Å². The minimum atomic E-state index is -1.19. The van der Waals surface area contributed by atoms with Gasteiger partial charge in [-0.15, -0.1) is 0 Å². The van der Waals surface area contributed by atoms with E-state index in [4.69, 9.17) is 4.74 Å². The van der Waals surface area contributed by atoms with Gasteiger partial charge in [-0.05, 0) is 37.1 Å². The third-order valence-corrected chi connectivity index (χ3v) is 6.50. The molecule has 0 radical (unpaired) electrons. The molecular formula is C23H34FN3O5. The van der Waals surface area contributed by atoms with Crippen LogP contribution >= 0.6 is 0 Å². The van der Waals surface area contributed by atoms with Crippen molar-refractivity contribution in [3.8, 4) is 0 Å². The first kappa shape index (κ1) is 24.4. The number of halogens is 1. The van der Waals surface area contributed by atoms with E-state index in [1.54, 1.807) is 17.0 Å². The van der Waals surface area contributed by atoms with Crippen molar-refractivity contribution in [3.63, 3.8) is 0 Å². The monoisotopic (exact) mass is 451 g/mol. The lowest BCUT2D eigenvalue weighted by molar-refractivity contribution is -0.136. The molecule has 32 heavy (non-hydrogen) atoms. The zero-order valence-electron chi connectivity index (χ0n) is 18.7. The van der Waals surface area contributed by atoms with Gasteiger partial charge in [0.2, 0.25) is 11.8 Å². The molecule has 0 saturated carbocycles. The van der Waals surface area contributed by atoms with Gasteiger partial charge in [0, 0.05) is 44.3 Å². The van der Waals surface area contributed by atoms with Gasteiger partial charge in [-0.3, -0.25) is 9.59 Å². The molecule has 2 fully saturated rings. The Morgan fingerprint density at radius 1 is 1.06 bits per heavy atom. The van der Waals surface area contributed by atoms with Crippen LogP contribution in [0.15, 0.2) is 24.3 Å². The zero-order chi connectivity index (χ0) is 23.3. The summed E-state index contributed by atoms with van der Waals surface area (Å²) in [6.45, 7) is 6.25. The Morgan fingerprint density at radius 2 is 1.66 bits per heavy atom. The minimum absolute atomic E-state index is 0.0359. The average molecular weight is 452 g/mol. The summed E-state index contributed by atoms with van der Waals surface area (Å²) in [6.07, 6.45) is -2.50. The van der Waals surface area contributed by atoms with Gasteiger partial charge in [0.1, 0.15) is 24.1 Å². The summed E-state index contributed by atoms with van der Waals surface area (Å²) >= 11 is 0. The number of benzene rings is 1. The molecule has 178 valence electrons. The van der Waals surface area contributed by atoms with Crippen LogP contribution in [0.1, 0.15) is 33.1 Å². The van der Waals surface area contributed by atoms with Gasteiger partial charge in [0.05, 0.1) is 12.5 Å². The first-order valence-corrected chi connectivity index (χ1v) is 11.4. The Balaban J connectivity index is 1.46. The molecule has 2 heterocycles. The molecule has 9 heteroatoms. The maximum Gasteiger partial charge on any atom is 0.225 e. The molecule has 2 aliphatic heterocycles. The largest absolute Gasteiger partial charge is 0.388 e. The number of anilines is 1. The van der Waals surface area contributed by atoms with E-state index in [1.165, 1.54) is 12.1 Å². The number of carbonyl (C=O) groups excluding carboxylic acids is 2. The fraction of sp³-hybridized carbons (Fsp3) is 0.652. The van der Waals surface area contributed by atoms with Gasteiger partial charge in [0.15, 0.2) is 0 Å². The van der Waals surface area contributed by atoms with Crippen molar-refractivity contribution in [1.29, 1.82) is 0 Å². The molecule has 1 aromatic carbocycles. The number of hydrogen-bond acceptors (Lipinski definition) is 6. The third-order valence-electron chi connectivity index (χ3n) is 6.50. The highest BCUT2D eigenvalue weighted by Crippen LogP contribution is 2.25. The van der Waals surface area contributed by atoms with Gasteiger partial charge in [-0.2, -0.15) is 0 Å². The normalized spacial score (nSPS) is 25.9. The Bertz CT molecular complexity index is 765. The van der Waals surface area contributed by atoms with Crippen LogP contribution in [-0.4, -0.2) is 84.1 Å². The van der Waals surface area contributed by atoms with E-state index >= 15 is 0 Å². The van der Waals surface area contributed by atoms with Crippen LogP contribution in [0.3, 0.4) is 0 Å². The topological polar surface area (TPSA) is 102 Å². The fourth-order valence-electron chi connectivity index (χ4n) is 4.34. The van der Waals surface area contributed by atoms with Crippen LogP contribution < -0.4 is 10.2 Å². The molecule has 1 aromatic rings. The lowest BCUT2D eigenvalue weighted by Crippen LogP contribution is -2.49. The first-order chi connectivity index (χ1) is 15.3. The van der Waals surface area contributed by atoms with E-state index < -0.39 is 24.4 Å². The van der Waals surface area contributed by atoms with Crippen LogP contribution in [-0.2, 0) is 14.3 Å². The molecule has 0 bridgehead atoms. The van der Waals surface area contributed by atoms with E-state index in [9.17, 15) is 24.2 Å². The van der Waals surface area contributed by atoms with Crippen LogP contribution in [0.25, 0.3) is 0 Å². The molecule has 2 aliphatic rings. The summed E-state index contributed by atoms with van der Waals surface area (Å²) in [7, 11) is 0. The number of aliphatic hydroxyl groups is 2. The van der Waals surface area contributed by atoms with Crippen molar-refractivity contribution in [2.75, 3.05) is 37.6 Å². The Morgan fingerprint density at radius 3 is 2.25 bits per heavy atom. The number of ether oxygens (including phenoxy) is 1. The predicted octanol–water partition coefficient (Wildman–Crippen LogP) is 0.906. The number of hydrogen-bond donors (Lipinski definition) is 3. The van der Waals surface area contributed by atoms with Crippen LogP contribution in [0, 0.1) is 11.7 Å². The maximum atomic E-state index is 13.1. The van der Waals surface area contributed by atoms with E-state index in [0.29, 0.717) is 26.2 Å². The maximum absolute atomic E-state index is 13.1. The Labute approximate surface area is 188 Å². The van der Waals surface area contributed by atoms with Crippen molar-refractivity contribution in [2.24, 2.45) is 5.92 Å². The van der Waals surface area contributed by atoms with E-state index in [0.717, 1.165) is 18.5 Å². The zero-order valence-corrected chi connectivity index (χ0v) is 18.7. The second-order valence-corrected chi connectivity index (χ2v) is 8.50. The highest BCUT2D eigenvalue weighted by atomic mass is 19.1. The average Bonchev–Trinajstić information content (AvgIpc) is 3.07. The highest BCUT2D eigenvalue weighted by Gasteiger charge is 2.44. The number of carbonyl (C=O) groups is 2. The summed E-state index contributed by atoms with van der Waals surface area (Å²) in [4.78, 5) is 28.7. The summed E-state index contributed by atoms with van der Waals surface area (Å²) in [5.74, 6) is -0.627. The molecule has 0 unspecified atom stereocenters. The molecule has 3 rings (SSSR count). The Kier molecular flexibility index (Phi) is 8.44. The third kappa shape index (κ3) is 5.76. The number of amides is 2. The van der Waals surface area contributed by atoms with Crippen LogP contribution in [0.2, 0.25) is 0 Å². The molecule has 2 saturated heterocycles. The number of aliphatic hydroxyl groups excluding tert-OH is 2. The number of nitrogens with zero attached hydrogens (tertiary/aromatic N) is 2. The van der Waals surface area contributed by atoms with Crippen molar-refractivity contribution >= 4 is 17.5 Å². The van der Waals surface area contributed by atoms with Gasteiger partial charge in [0.25, 0.3) is 0 Å². The second kappa shape index (κ2) is 11.1. The van der Waals surface area contributed by atoms with Crippen LogP contribution in [0.4, 0.5) is 10.1 Å². The van der Waals surface area contributed by atoms with Gasteiger partial charge < -0.3 is 30.1 Å². The quantitative estimate of drug-likeness (QED) is 0.543. The van der Waals surface area contributed by atoms with Crippen molar-refractivity contribution in [2.45, 2.75) is 57.5 Å². The molecule has 0 spiro atoms. The molecule has 0 aliphatic carbocycles. The summed E-state index contributed by atoms with van der Waals surface area (Å²) in [6, 6.07) is 6.28. The van der Waals surface area contributed by atoms with Crippen molar-refractivity contribution in [1.82, 2.24) is 10.2 Å². The molecular weight excluding hydrogens is 417 g/mol. The standard InChI is InChI=1S/C23H34FN3O5/c1-3-15(4-2)23(31)25-14-19-22(30)21(29)18(32-19)13-20(28)27-11-9-26(10-12-27)17-7-5-16(24)6-8-17/h5-8,15,18-19,21-22,29-30H,3-4,9-14H2,1-2H3,(H,25,31)/t18-,19-,21-,22+/m0/s1.